The maximum atomic E-state index is 13.2. The minimum atomic E-state index is -3.79. The van der Waals surface area contributed by atoms with Crippen LogP contribution in [0, 0.1) is 5.41 Å². The third kappa shape index (κ3) is 6.98. The molecule has 2 N–H and O–H groups in total. The van der Waals surface area contributed by atoms with E-state index in [-0.39, 0.29) is 17.5 Å². The molecule has 0 saturated heterocycles. The summed E-state index contributed by atoms with van der Waals surface area (Å²) in [6.45, 7) is 0.739. The van der Waals surface area contributed by atoms with Crippen LogP contribution < -0.4 is 14.6 Å². The van der Waals surface area contributed by atoms with E-state index < -0.39 is 28.2 Å². The lowest BCUT2D eigenvalue weighted by Gasteiger charge is -2.31. The van der Waals surface area contributed by atoms with E-state index in [0.717, 1.165) is 36.8 Å². The van der Waals surface area contributed by atoms with Gasteiger partial charge in [-0.25, -0.2) is 13.6 Å². The van der Waals surface area contributed by atoms with Crippen LogP contribution in [0.4, 0.5) is 8.78 Å². The minimum absolute atomic E-state index is 0.0304. The number of primary sulfonamides is 1. The number of carbonyl (C=O) groups is 1. The van der Waals surface area contributed by atoms with Gasteiger partial charge < -0.3 is 14.2 Å². The molecule has 0 saturated carbocycles. The predicted octanol–water partition coefficient (Wildman–Crippen LogP) is 6.14. The first-order valence-electron chi connectivity index (χ1n) is 12.9. The van der Waals surface area contributed by atoms with Crippen molar-refractivity contribution in [1.29, 1.82) is 0 Å². The summed E-state index contributed by atoms with van der Waals surface area (Å²) < 4.78 is 65.8. The lowest BCUT2D eigenvalue weighted by atomic mass is 9.86. The Kier molecular flexibility index (Phi) is 8.80. The van der Waals surface area contributed by atoms with Crippen molar-refractivity contribution in [1.82, 2.24) is 0 Å². The molecule has 4 rings (SSSR count). The number of hydrogen-bond acceptors (Lipinski definition) is 6. The lowest BCUT2D eigenvalue weighted by molar-refractivity contribution is -0.151. The Labute approximate surface area is 233 Å². The number of fused-ring (bicyclic) bond motifs is 3. The minimum Gasteiger partial charge on any atom is -0.480 e. The fourth-order valence-corrected chi connectivity index (χ4v) is 5.66. The highest BCUT2D eigenvalue weighted by Gasteiger charge is 2.31. The molecule has 0 amide bonds. The quantitative estimate of drug-likeness (QED) is 0.218. The van der Waals surface area contributed by atoms with Gasteiger partial charge in [-0.15, -0.1) is 0 Å². The molecule has 40 heavy (non-hydrogen) atoms. The molecule has 1 unspecified atom stereocenters. The number of alkyl halides is 2. The van der Waals surface area contributed by atoms with Gasteiger partial charge in [0.05, 0.1) is 23.8 Å². The largest absolute Gasteiger partial charge is 0.480 e. The summed E-state index contributed by atoms with van der Waals surface area (Å²) in [6.07, 6.45) is 2.71. The van der Waals surface area contributed by atoms with Gasteiger partial charge in [-0.2, -0.15) is 8.78 Å². The van der Waals surface area contributed by atoms with E-state index in [1.54, 1.807) is 30.3 Å². The number of benzene rings is 3. The molecule has 3 aromatic rings. The summed E-state index contributed by atoms with van der Waals surface area (Å²) in [5.41, 5.74) is 3.47. The van der Waals surface area contributed by atoms with E-state index in [0.29, 0.717) is 28.0 Å². The summed E-state index contributed by atoms with van der Waals surface area (Å²) in [7, 11) is -2.39. The normalized spacial score (nSPS) is 14.7. The first-order chi connectivity index (χ1) is 18.9. The molecule has 0 spiro atoms. The summed E-state index contributed by atoms with van der Waals surface area (Å²) in [6, 6.07) is 17.6. The third-order valence-corrected chi connectivity index (χ3v) is 7.76. The lowest BCUT2D eigenvalue weighted by Crippen LogP contribution is -2.25. The Bertz CT molecular complexity index is 1470. The fourth-order valence-electron chi connectivity index (χ4n) is 5.02. The number of aryl methyl sites for hydroxylation is 1. The average Bonchev–Trinajstić information content (AvgIpc) is 2.89. The number of carbonyl (C=O) groups excluding carboxylic acids is 1. The van der Waals surface area contributed by atoms with Gasteiger partial charge in [-0.3, -0.25) is 4.79 Å². The second-order valence-electron chi connectivity index (χ2n) is 10.6. The molecule has 3 aromatic carbocycles. The number of halogens is 2. The highest BCUT2D eigenvalue weighted by Crippen LogP contribution is 2.49. The van der Waals surface area contributed by atoms with Crippen LogP contribution in [0.25, 0.3) is 11.1 Å². The van der Waals surface area contributed by atoms with Gasteiger partial charge in [0.1, 0.15) is 17.6 Å². The zero-order valence-electron chi connectivity index (χ0n) is 22.7. The van der Waals surface area contributed by atoms with Crippen molar-refractivity contribution in [2.24, 2.45) is 10.6 Å². The van der Waals surface area contributed by atoms with Crippen LogP contribution >= 0.6 is 0 Å². The van der Waals surface area contributed by atoms with Gasteiger partial charge in [0.15, 0.2) is 0 Å². The third-order valence-electron chi connectivity index (χ3n) is 7.02. The summed E-state index contributed by atoms with van der Waals surface area (Å²) >= 11 is 0. The molecule has 0 fully saturated rings. The highest BCUT2D eigenvalue weighted by molar-refractivity contribution is 7.88. The average molecular weight is 574 g/mol. The molecule has 0 radical (unpaired) electrons. The Morgan fingerprint density at radius 2 is 1.75 bits per heavy atom. The SMILES string of the molecule is COC(=O)C(C)(C)CCCCc1ccc(C2Oc3cccc(OC(F)F)c3-c3ccc(CS(N)(=O)=O)cc32)cc1. The first-order valence-corrected chi connectivity index (χ1v) is 14.6. The highest BCUT2D eigenvalue weighted by atomic mass is 32.2. The number of rotatable bonds is 11. The van der Waals surface area contributed by atoms with Gasteiger partial charge in [0.2, 0.25) is 10.0 Å². The molecule has 1 heterocycles. The summed E-state index contributed by atoms with van der Waals surface area (Å²) in [5.74, 6) is -0.239. The van der Waals surface area contributed by atoms with Crippen LogP contribution in [0.2, 0.25) is 0 Å². The summed E-state index contributed by atoms with van der Waals surface area (Å²) in [5, 5.41) is 5.27. The monoisotopic (exact) mass is 573 g/mol. The molecule has 0 aromatic heterocycles. The molecular weight excluding hydrogens is 540 g/mol. The van der Waals surface area contributed by atoms with Gasteiger partial charge in [0.25, 0.3) is 0 Å². The molecular formula is C30H33F2NO6S. The number of hydrogen-bond donors (Lipinski definition) is 1. The molecule has 0 bridgehead atoms. The van der Waals surface area contributed by atoms with E-state index >= 15 is 0 Å². The van der Waals surface area contributed by atoms with Crippen molar-refractivity contribution in [3.63, 3.8) is 0 Å². The van der Waals surface area contributed by atoms with Crippen molar-refractivity contribution in [3.05, 3.63) is 82.9 Å². The maximum Gasteiger partial charge on any atom is 0.387 e. The van der Waals surface area contributed by atoms with Gasteiger partial charge in [0, 0.05) is 5.56 Å². The smallest absolute Gasteiger partial charge is 0.387 e. The van der Waals surface area contributed by atoms with Crippen molar-refractivity contribution < 1.29 is 36.2 Å². The number of ether oxygens (including phenoxy) is 3. The van der Waals surface area contributed by atoms with Gasteiger partial charge in [-0.05, 0) is 67.5 Å². The van der Waals surface area contributed by atoms with E-state index in [1.807, 2.05) is 38.1 Å². The molecule has 1 atom stereocenters. The number of methoxy groups -OCH3 is 1. The van der Waals surface area contributed by atoms with E-state index in [9.17, 15) is 22.0 Å². The molecule has 1 aliphatic heterocycles. The van der Waals surface area contributed by atoms with Crippen molar-refractivity contribution in [2.75, 3.05) is 7.11 Å². The van der Waals surface area contributed by atoms with Crippen LogP contribution in [0.15, 0.2) is 60.7 Å². The van der Waals surface area contributed by atoms with Crippen LogP contribution in [-0.4, -0.2) is 28.1 Å². The Morgan fingerprint density at radius 1 is 1.05 bits per heavy atom. The number of nitrogens with two attached hydrogens (primary N) is 1. The molecule has 214 valence electrons. The van der Waals surface area contributed by atoms with Crippen molar-refractivity contribution >= 4 is 16.0 Å². The van der Waals surface area contributed by atoms with Crippen molar-refractivity contribution in [2.45, 2.75) is 58.0 Å². The van der Waals surface area contributed by atoms with Crippen LogP contribution in [0.1, 0.15) is 61.5 Å². The second kappa shape index (κ2) is 11.9. The first kappa shape index (κ1) is 29.5. The Balaban J connectivity index is 1.60. The zero-order valence-corrected chi connectivity index (χ0v) is 23.5. The molecule has 1 aliphatic rings. The van der Waals surface area contributed by atoms with Gasteiger partial charge in [-0.1, -0.05) is 55.0 Å². The Morgan fingerprint density at radius 3 is 2.40 bits per heavy atom. The topological polar surface area (TPSA) is 105 Å². The second-order valence-corrected chi connectivity index (χ2v) is 12.2. The van der Waals surface area contributed by atoms with Crippen LogP contribution in [0.3, 0.4) is 0 Å². The predicted molar refractivity (Wildman–Crippen MR) is 148 cm³/mol. The standard InChI is InChI=1S/C30H33F2NO6S/c1-30(2,28(34)37-3)16-5-4-7-19-10-13-21(14-11-19)27-23-17-20(18-40(33,35)36)12-15-22(23)26-24(38-27)8-6-9-25(26)39-29(31)32/h6,8-15,17,27,29H,4-5,7,16,18H2,1-3H3,(H2,33,35,36). The zero-order chi connectivity index (χ0) is 29.1. The fraction of sp³-hybridized carbons (Fsp3) is 0.367. The van der Waals surface area contributed by atoms with E-state index in [4.69, 9.17) is 19.3 Å². The van der Waals surface area contributed by atoms with Gasteiger partial charge >= 0.3 is 12.6 Å². The Hall–Kier alpha value is -3.50. The van der Waals surface area contributed by atoms with Crippen molar-refractivity contribution in [3.8, 4) is 22.6 Å². The molecule has 7 nitrogen and oxygen atoms in total. The van der Waals surface area contributed by atoms with Crippen LogP contribution in [0.5, 0.6) is 11.5 Å². The number of unbranched alkanes of at least 4 members (excludes halogenated alkanes) is 1. The number of esters is 1. The maximum absolute atomic E-state index is 13.2. The van der Waals surface area contributed by atoms with E-state index in [2.05, 4.69) is 0 Å². The summed E-state index contributed by atoms with van der Waals surface area (Å²) in [4.78, 5) is 11.9. The molecule has 0 aliphatic carbocycles. The molecule has 10 heteroatoms. The number of sulfonamides is 1. The van der Waals surface area contributed by atoms with E-state index in [1.165, 1.54) is 13.2 Å². The van der Waals surface area contributed by atoms with Crippen LogP contribution in [-0.2, 0) is 31.7 Å².